The average Bonchev–Trinajstić information content (AvgIpc) is 2.91. The largest absolute Gasteiger partial charge is 0.302 e. The van der Waals surface area contributed by atoms with Gasteiger partial charge in [-0.1, -0.05) is 0 Å². The van der Waals surface area contributed by atoms with Gasteiger partial charge < -0.3 is 4.90 Å². The van der Waals surface area contributed by atoms with Crippen LogP contribution in [0.2, 0.25) is 0 Å². The molecule has 4 rings (SSSR count). The van der Waals surface area contributed by atoms with Crippen LogP contribution in [0.3, 0.4) is 0 Å². The zero-order valence-corrected chi connectivity index (χ0v) is 15.1. The summed E-state index contributed by atoms with van der Waals surface area (Å²) >= 11 is 4.27. The number of fused-ring (bicyclic) bond motifs is 3. The van der Waals surface area contributed by atoms with Crippen molar-refractivity contribution in [3.8, 4) is 0 Å². The quantitative estimate of drug-likeness (QED) is 0.546. The molecule has 0 amide bonds. The molecule has 0 aliphatic carbocycles. The number of likely N-dealkylation sites (N-methyl/N-ethyl adjacent to an activating group) is 1. The molecule has 9 heteroatoms. The van der Waals surface area contributed by atoms with E-state index in [1.54, 1.807) is 10.7 Å². The highest BCUT2D eigenvalue weighted by atomic mass is 32.2. The highest BCUT2D eigenvalue weighted by Crippen LogP contribution is 2.31. The van der Waals surface area contributed by atoms with Crippen molar-refractivity contribution in [2.24, 2.45) is 0 Å². The summed E-state index contributed by atoms with van der Waals surface area (Å²) in [5, 5.41) is 4.39. The Morgan fingerprint density at radius 1 is 1.24 bits per heavy atom. The van der Waals surface area contributed by atoms with Gasteiger partial charge >= 0.3 is 0 Å². The van der Waals surface area contributed by atoms with Crippen molar-refractivity contribution in [3.63, 3.8) is 0 Å². The first-order valence-corrected chi connectivity index (χ1v) is 9.58. The second-order valence-corrected chi connectivity index (χ2v) is 8.37. The predicted molar refractivity (Wildman–Crippen MR) is 92.1 cm³/mol. The zero-order chi connectivity index (χ0) is 17.8. The van der Waals surface area contributed by atoms with Crippen LogP contribution < -0.4 is 0 Å². The monoisotopic (exact) mass is 378 g/mol. The molecule has 1 aliphatic rings. The minimum Gasteiger partial charge on any atom is -0.302 e. The molecule has 0 N–H and O–H groups in total. The summed E-state index contributed by atoms with van der Waals surface area (Å²) in [6.07, 6.45) is 2.44. The Kier molecular flexibility index (Phi) is 3.82. The molecule has 130 valence electrons. The van der Waals surface area contributed by atoms with E-state index in [0.29, 0.717) is 0 Å². The number of rotatable bonds is 2. The zero-order valence-electron chi connectivity index (χ0n) is 13.3. The van der Waals surface area contributed by atoms with Crippen molar-refractivity contribution < 1.29 is 12.8 Å². The number of aromatic nitrogens is 3. The van der Waals surface area contributed by atoms with Gasteiger partial charge in [-0.25, -0.2) is 22.3 Å². The SMILES string of the molecule is CN1CCc2c(cnc3c(S(=O)(=O)c4ccc(F)cc4)c(S)nn23)C1. The molecule has 0 saturated carbocycles. The molecule has 0 atom stereocenters. The van der Waals surface area contributed by atoms with Gasteiger partial charge in [0.15, 0.2) is 5.65 Å². The van der Waals surface area contributed by atoms with E-state index in [4.69, 9.17) is 0 Å². The summed E-state index contributed by atoms with van der Waals surface area (Å²) in [4.78, 5) is 6.43. The first kappa shape index (κ1) is 16.5. The number of nitrogens with zero attached hydrogens (tertiary/aromatic N) is 4. The molecule has 0 bridgehead atoms. The van der Waals surface area contributed by atoms with E-state index in [0.717, 1.165) is 42.9 Å². The predicted octanol–water partition coefficient (Wildman–Crippen LogP) is 1.98. The van der Waals surface area contributed by atoms with Crippen LogP contribution in [0.15, 0.2) is 45.3 Å². The molecule has 3 aromatic rings. The summed E-state index contributed by atoms with van der Waals surface area (Å²) in [7, 11) is -1.89. The fraction of sp³-hybridized carbons (Fsp3) is 0.250. The average molecular weight is 378 g/mol. The van der Waals surface area contributed by atoms with Gasteiger partial charge in [0.1, 0.15) is 15.7 Å². The molecule has 0 unspecified atom stereocenters. The summed E-state index contributed by atoms with van der Waals surface area (Å²) in [5.41, 5.74) is 2.21. The maximum absolute atomic E-state index is 13.1. The van der Waals surface area contributed by atoms with Crippen LogP contribution in [0.5, 0.6) is 0 Å². The second kappa shape index (κ2) is 5.79. The van der Waals surface area contributed by atoms with Crippen LogP contribution in [-0.4, -0.2) is 41.5 Å². The molecular formula is C16H15FN4O2S2. The Balaban J connectivity index is 1.94. The van der Waals surface area contributed by atoms with E-state index >= 15 is 0 Å². The van der Waals surface area contributed by atoms with E-state index in [-0.39, 0.29) is 20.5 Å². The van der Waals surface area contributed by atoms with E-state index in [1.807, 2.05) is 7.05 Å². The van der Waals surface area contributed by atoms with Crippen LogP contribution in [0, 0.1) is 5.82 Å². The lowest BCUT2D eigenvalue weighted by Gasteiger charge is -2.24. The smallest absolute Gasteiger partial charge is 0.213 e. The van der Waals surface area contributed by atoms with Gasteiger partial charge in [-0.15, -0.1) is 12.6 Å². The number of benzene rings is 1. The van der Waals surface area contributed by atoms with Crippen LogP contribution in [-0.2, 0) is 22.8 Å². The molecule has 3 heterocycles. The molecule has 25 heavy (non-hydrogen) atoms. The Morgan fingerprint density at radius 2 is 1.96 bits per heavy atom. The minimum absolute atomic E-state index is 0.0154. The summed E-state index contributed by atoms with van der Waals surface area (Å²) in [6.45, 7) is 1.59. The minimum atomic E-state index is -3.91. The molecule has 6 nitrogen and oxygen atoms in total. The topological polar surface area (TPSA) is 67.6 Å². The van der Waals surface area contributed by atoms with Gasteiger partial charge in [0.25, 0.3) is 0 Å². The third-order valence-electron chi connectivity index (χ3n) is 4.33. The Hall–Kier alpha value is -1.97. The Bertz CT molecular complexity index is 1080. The highest BCUT2D eigenvalue weighted by Gasteiger charge is 2.29. The number of hydrogen-bond donors (Lipinski definition) is 1. The fourth-order valence-corrected chi connectivity index (χ4v) is 5.01. The molecule has 2 aromatic heterocycles. The number of sulfone groups is 1. The van der Waals surface area contributed by atoms with Crippen molar-refractivity contribution in [2.45, 2.75) is 27.8 Å². The number of hydrogen-bond acceptors (Lipinski definition) is 6. The van der Waals surface area contributed by atoms with E-state index in [1.165, 1.54) is 12.1 Å². The Labute approximate surface area is 149 Å². The molecule has 0 spiro atoms. The van der Waals surface area contributed by atoms with Crippen LogP contribution in [0.1, 0.15) is 11.3 Å². The van der Waals surface area contributed by atoms with Crippen molar-refractivity contribution in [3.05, 3.63) is 47.5 Å². The third-order valence-corrected chi connectivity index (χ3v) is 6.60. The lowest BCUT2D eigenvalue weighted by Crippen LogP contribution is -2.28. The summed E-state index contributed by atoms with van der Waals surface area (Å²) < 4.78 is 40.7. The molecule has 0 radical (unpaired) electrons. The highest BCUT2D eigenvalue weighted by molar-refractivity contribution is 7.92. The number of thiol groups is 1. The molecule has 0 fully saturated rings. The van der Waals surface area contributed by atoms with Gasteiger partial charge in [-0.2, -0.15) is 5.10 Å². The van der Waals surface area contributed by atoms with Crippen molar-refractivity contribution in [1.82, 2.24) is 19.5 Å². The number of halogens is 1. The molecule has 0 saturated heterocycles. The molecule has 1 aliphatic heterocycles. The fourth-order valence-electron chi connectivity index (χ4n) is 3.07. The van der Waals surface area contributed by atoms with Gasteiger partial charge in [0, 0.05) is 31.3 Å². The lowest BCUT2D eigenvalue weighted by molar-refractivity contribution is 0.307. The maximum Gasteiger partial charge on any atom is 0.213 e. The summed E-state index contributed by atoms with van der Waals surface area (Å²) in [5.74, 6) is -0.499. The maximum atomic E-state index is 13.1. The first-order valence-electron chi connectivity index (χ1n) is 7.65. The van der Waals surface area contributed by atoms with Crippen molar-refractivity contribution >= 4 is 28.1 Å². The third kappa shape index (κ3) is 2.62. The van der Waals surface area contributed by atoms with Gasteiger partial charge in [0.05, 0.1) is 10.6 Å². The van der Waals surface area contributed by atoms with Gasteiger partial charge in [-0.3, -0.25) is 0 Å². The normalized spacial score (nSPS) is 15.5. The van der Waals surface area contributed by atoms with E-state index in [2.05, 4.69) is 27.6 Å². The first-order chi connectivity index (χ1) is 11.9. The van der Waals surface area contributed by atoms with Crippen LogP contribution in [0.25, 0.3) is 5.65 Å². The molecule has 1 aromatic carbocycles. The Morgan fingerprint density at radius 3 is 2.68 bits per heavy atom. The van der Waals surface area contributed by atoms with Gasteiger partial charge in [0.2, 0.25) is 9.84 Å². The standard InChI is InChI=1S/C16H15FN4O2S2/c1-20-7-6-13-10(9-20)8-18-15-14(16(24)19-21(13)15)25(22,23)12-4-2-11(17)3-5-12/h2-5,8H,6-7,9H2,1H3,(H,19,24). The van der Waals surface area contributed by atoms with Crippen molar-refractivity contribution in [1.29, 1.82) is 0 Å². The summed E-state index contributed by atoms with van der Waals surface area (Å²) in [6, 6.07) is 4.69. The lowest BCUT2D eigenvalue weighted by atomic mass is 10.1. The molecular weight excluding hydrogens is 363 g/mol. The van der Waals surface area contributed by atoms with Gasteiger partial charge in [-0.05, 0) is 31.3 Å². The van der Waals surface area contributed by atoms with Crippen LogP contribution >= 0.6 is 12.6 Å². The van der Waals surface area contributed by atoms with Crippen molar-refractivity contribution in [2.75, 3.05) is 13.6 Å². The van der Waals surface area contributed by atoms with E-state index < -0.39 is 15.7 Å². The van der Waals surface area contributed by atoms with Crippen LogP contribution in [0.4, 0.5) is 4.39 Å². The van der Waals surface area contributed by atoms with E-state index in [9.17, 15) is 12.8 Å². The second-order valence-electron chi connectivity index (χ2n) is 6.06.